The maximum absolute atomic E-state index is 12.9. The first kappa shape index (κ1) is 15.1. The molecule has 2 aliphatic heterocycles. The fraction of sp³-hybridized carbons (Fsp3) is 0.625. The highest BCUT2D eigenvalue weighted by Gasteiger charge is 2.27. The monoisotopic (exact) mass is 306 g/mol. The smallest absolute Gasteiger partial charge is 0.259 e. The van der Waals surface area contributed by atoms with Crippen molar-refractivity contribution in [2.75, 3.05) is 33.4 Å². The fourth-order valence-electron chi connectivity index (χ4n) is 3.23. The van der Waals surface area contributed by atoms with Crippen LogP contribution in [0.3, 0.4) is 0 Å². The number of carbonyl (C=O) groups excluding carboxylic acids is 1. The predicted molar refractivity (Wildman–Crippen MR) is 81.5 cm³/mol. The van der Waals surface area contributed by atoms with Crippen molar-refractivity contribution < 1.29 is 14.3 Å². The molecule has 22 heavy (non-hydrogen) atoms. The zero-order valence-electron chi connectivity index (χ0n) is 13.0. The van der Waals surface area contributed by atoms with Crippen molar-refractivity contribution in [3.63, 3.8) is 0 Å². The molecule has 2 aliphatic rings. The van der Waals surface area contributed by atoms with Crippen LogP contribution >= 0.6 is 0 Å². The van der Waals surface area contributed by atoms with Gasteiger partial charge < -0.3 is 18.9 Å². The lowest BCUT2D eigenvalue weighted by Crippen LogP contribution is -2.42. The molecule has 6 heteroatoms. The van der Waals surface area contributed by atoms with E-state index in [4.69, 9.17) is 9.47 Å². The first-order valence-corrected chi connectivity index (χ1v) is 7.90. The molecule has 6 nitrogen and oxygen atoms in total. The van der Waals surface area contributed by atoms with Gasteiger partial charge in [-0.3, -0.25) is 9.59 Å². The molecule has 0 radical (unpaired) electrons. The lowest BCUT2D eigenvalue weighted by Gasteiger charge is -2.28. The predicted octanol–water partition coefficient (Wildman–Crippen LogP) is 1.06. The summed E-state index contributed by atoms with van der Waals surface area (Å²) in [5, 5.41) is 0. The Kier molecular flexibility index (Phi) is 4.47. The van der Waals surface area contributed by atoms with Crippen LogP contribution in [0.2, 0.25) is 0 Å². The molecule has 0 unspecified atom stereocenters. The molecule has 0 saturated carbocycles. The van der Waals surface area contributed by atoms with E-state index < -0.39 is 0 Å². The summed E-state index contributed by atoms with van der Waals surface area (Å²) in [7, 11) is 1.51. The lowest BCUT2D eigenvalue weighted by atomic mass is 10.1. The quantitative estimate of drug-likeness (QED) is 0.819. The van der Waals surface area contributed by atoms with Gasteiger partial charge in [0.1, 0.15) is 11.3 Å². The topological polar surface area (TPSA) is 60.8 Å². The summed E-state index contributed by atoms with van der Waals surface area (Å²) in [5.41, 5.74) is 1.32. The molecule has 1 aromatic rings. The van der Waals surface area contributed by atoms with E-state index in [-0.39, 0.29) is 11.5 Å². The molecule has 3 heterocycles. The number of hydrogen-bond acceptors (Lipinski definition) is 4. The SMILES string of the molecule is COc1cc(=O)n2c(c1C(=O)N1CCOCC1)CCCCC2. The Bertz CT molecular complexity index is 617. The standard InChI is InChI=1S/C16H22N2O4/c1-21-13-11-14(19)18-6-4-2-3-5-12(18)15(13)16(20)17-7-9-22-10-8-17/h11H,2-10H2,1H3. The number of methoxy groups -OCH3 is 1. The molecule has 1 fully saturated rings. The highest BCUT2D eigenvalue weighted by molar-refractivity contribution is 5.98. The first-order valence-electron chi connectivity index (χ1n) is 7.90. The van der Waals surface area contributed by atoms with E-state index in [2.05, 4.69) is 0 Å². The number of carbonyl (C=O) groups is 1. The summed E-state index contributed by atoms with van der Waals surface area (Å²) in [5.74, 6) is 0.348. The zero-order chi connectivity index (χ0) is 15.5. The van der Waals surface area contributed by atoms with Crippen LogP contribution in [-0.4, -0.2) is 48.8 Å². The van der Waals surface area contributed by atoms with Crippen LogP contribution < -0.4 is 10.3 Å². The lowest BCUT2D eigenvalue weighted by molar-refractivity contribution is 0.0299. The molecule has 1 saturated heterocycles. The summed E-state index contributed by atoms with van der Waals surface area (Å²) in [6, 6.07) is 1.45. The third-order valence-corrected chi connectivity index (χ3v) is 4.41. The van der Waals surface area contributed by atoms with Gasteiger partial charge in [0.15, 0.2) is 0 Å². The van der Waals surface area contributed by atoms with Gasteiger partial charge >= 0.3 is 0 Å². The van der Waals surface area contributed by atoms with Gasteiger partial charge in [0, 0.05) is 31.4 Å². The van der Waals surface area contributed by atoms with Crippen LogP contribution in [0.25, 0.3) is 0 Å². The van der Waals surface area contributed by atoms with Crippen LogP contribution in [0.1, 0.15) is 35.3 Å². The molecule has 120 valence electrons. The average Bonchev–Trinajstić information content (AvgIpc) is 2.81. The summed E-state index contributed by atoms with van der Waals surface area (Å²) in [4.78, 5) is 27.0. The maximum Gasteiger partial charge on any atom is 0.259 e. The fourth-order valence-corrected chi connectivity index (χ4v) is 3.23. The Hall–Kier alpha value is -1.82. The Morgan fingerprint density at radius 3 is 2.68 bits per heavy atom. The van der Waals surface area contributed by atoms with Crippen molar-refractivity contribution in [2.45, 2.75) is 32.2 Å². The molecule has 0 spiro atoms. The van der Waals surface area contributed by atoms with E-state index in [1.54, 1.807) is 9.47 Å². The number of pyridine rings is 1. The Balaban J connectivity index is 2.08. The largest absolute Gasteiger partial charge is 0.496 e. The molecule has 0 atom stereocenters. The van der Waals surface area contributed by atoms with Crippen LogP contribution in [0.15, 0.2) is 10.9 Å². The molecular weight excluding hydrogens is 284 g/mol. The highest BCUT2D eigenvalue weighted by Crippen LogP contribution is 2.26. The molecule has 1 amide bonds. The van der Waals surface area contributed by atoms with Crippen molar-refractivity contribution in [3.8, 4) is 5.75 Å². The van der Waals surface area contributed by atoms with Gasteiger partial charge in [-0.25, -0.2) is 0 Å². The second-order valence-corrected chi connectivity index (χ2v) is 5.74. The number of aromatic nitrogens is 1. The van der Waals surface area contributed by atoms with Crippen molar-refractivity contribution in [3.05, 3.63) is 27.7 Å². The van der Waals surface area contributed by atoms with E-state index in [1.165, 1.54) is 13.2 Å². The van der Waals surface area contributed by atoms with Crippen LogP contribution in [0.5, 0.6) is 5.75 Å². The van der Waals surface area contributed by atoms with Gasteiger partial charge in [-0.05, 0) is 19.3 Å². The Labute approximate surface area is 129 Å². The third-order valence-electron chi connectivity index (χ3n) is 4.41. The molecule has 1 aromatic heterocycles. The molecule has 0 aromatic carbocycles. The number of rotatable bonds is 2. The number of morpholine rings is 1. The number of amides is 1. The Morgan fingerprint density at radius 2 is 1.95 bits per heavy atom. The van der Waals surface area contributed by atoms with Gasteiger partial charge in [0.05, 0.1) is 20.3 Å². The number of fused-ring (bicyclic) bond motifs is 1. The normalized spacial score (nSPS) is 18.5. The minimum Gasteiger partial charge on any atom is -0.496 e. The van der Waals surface area contributed by atoms with Gasteiger partial charge in [-0.2, -0.15) is 0 Å². The van der Waals surface area contributed by atoms with Crippen molar-refractivity contribution >= 4 is 5.91 Å². The number of ether oxygens (including phenoxy) is 2. The van der Waals surface area contributed by atoms with Crippen molar-refractivity contribution in [1.82, 2.24) is 9.47 Å². The minimum absolute atomic E-state index is 0.0502. The molecule has 0 N–H and O–H groups in total. The first-order chi connectivity index (χ1) is 10.7. The Morgan fingerprint density at radius 1 is 1.18 bits per heavy atom. The second kappa shape index (κ2) is 6.52. The summed E-state index contributed by atoms with van der Waals surface area (Å²) < 4.78 is 12.4. The molecule has 3 rings (SSSR count). The van der Waals surface area contributed by atoms with E-state index in [0.717, 1.165) is 31.4 Å². The minimum atomic E-state index is -0.0766. The van der Waals surface area contributed by atoms with E-state index in [0.29, 0.717) is 44.2 Å². The van der Waals surface area contributed by atoms with Crippen molar-refractivity contribution in [1.29, 1.82) is 0 Å². The molecule has 0 aliphatic carbocycles. The van der Waals surface area contributed by atoms with Crippen LogP contribution in [-0.2, 0) is 17.7 Å². The third kappa shape index (κ3) is 2.75. The molecule has 0 bridgehead atoms. The highest BCUT2D eigenvalue weighted by atomic mass is 16.5. The van der Waals surface area contributed by atoms with Gasteiger partial charge in [0.2, 0.25) is 0 Å². The second-order valence-electron chi connectivity index (χ2n) is 5.74. The maximum atomic E-state index is 12.9. The molecular formula is C16H22N2O4. The number of hydrogen-bond donors (Lipinski definition) is 0. The van der Waals surface area contributed by atoms with Gasteiger partial charge in [0.25, 0.3) is 11.5 Å². The van der Waals surface area contributed by atoms with Gasteiger partial charge in [-0.15, -0.1) is 0 Å². The van der Waals surface area contributed by atoms with Crippen LogP contribution in [0, 0.1) is 0 Å². The summed E-state index contributed by atoms with van der Waals surface area (Å²) in [6.45, 7) is 2.97. The van der Waals surface area contributed by atoms with E-state index in [9.17, 15) is 9.59 Å². The zero-order valence-corrected chi connectivity index (χ0v) is 13.0. The van der Waals surface area contributed by atoms with E-state index in [1.807, 2.05) is 0 Å². The summed E-state index contributed by atoms with van der Waals surface area (Å²) >= 11 is 0. The number of nitrogens with zero attached hydrogens (tertiary/aromatic N) is 2. The van der Waals surface area contributed by atoms with E-state index >= 15 is 0 Å². The van der Waals surface area contributed by atoms with Gasteiger partial charge in [-0.1, -0.05) is 6.42 Å². The summed E-state index contributed by atoms with van der Waals surface area (Å²) in [6.07, 6.45) is 3.80. The van der Waals surface area contributed by atoms with Crippen molar-refractivity contribution in [2.24, 2.45) is 0 Å². The van der Waals surface area contributed by atoms with Crippen LogP contribution in [0.4, 0.5) is 0 Å². The average molecular weight is 306 g/mol.